The third-order valence-corrected chi connectivity index (χ3v) is 1.37. The van der Waals surface area contributed by atoms with Crippen LogP contribution in [-0.4, -0.2) is 21.0 Å². The highest BCUT2D eigenvalue weighted by Crippen LogP contribution is 2.07. The van der Waals surface area contributed by atoms with Crippen molar-refractivity contribution in [1.82, 2.24) is 9.97 Å². The fraction of sp³-hybridized carbons (Fsp3) is 0.333. The predicted molar refractivity (Wildman–Crippen MR) is 39.3 cm³/mol. The number of aromatic carboxylic acids is 1. The van der Waals surface area contributed by atoms with Gasteiger partial charge in [0.2, 0.25) is 5.82 Å². The molecule has 0 bridgehead atoms. The Morgan fingerprint density at radius 2 is 2.45 bits per heavy atom. The Balaban J connectivity index is 3.05. The first kappa shape index (κ1) is 7.59. The molecule has 60 valence electrons. The van der Waals surface area contributed by atoms with Gasteiger partial charge in [-0.25, -0.2) is 9.78 Å². The van der Waals surface area contributed by atoms with E-state index in [2.05, 4.69) is 9.97 Å². The molecule has 0 fully saturated rings. The molecule has 0 saturated carbocycles. The molecule has 5 nitrogen and oxygen atoms in total. The van der Waals surface area contributed by atoms with Crippen LogP contribution in [0.2, 0.25) is 0 Å². The van der Waals surface area contributed by atoms with E-state index in [1.807, 2.05) is 6.92 Å². The molecule has 0 radical (unpaired) electrons. The number of rotatable bonds is 2. The summed E-state index contributed by atoms with van der Waals surface area (Å²) in [6, 6.07) is 0. The minimum absolute atomic E-state index is 0.0978. The fourth-order valence-electron chi connectivity index (χ4n) is 0.794. The quantitative estimate of drug-likeness (QED) is 0.570. The van der Waals surface area contributed by atoms with E-state index in [0.29, 0.717) is 12.1 Å². The lowest BCUT2D eigenvalue weighted by atomic mass is 10.3. The van der Waals surface area contributed by atoms with Crippen LogP contribution in [0.5, 0.6) is 0 Å². The molecule has 1 heterocycles. The monoisotopic (exact) mass is 155 g/mol. The molecule has 0 saturated heterocycles. The summed E-state index contributed by atoms with van der Waals surface area (Å²) in [7, 11) is 0. The van der Waals surface area contributed by atoms with E-state index < -0.39 is 5.97 Å². The van der Waals surface area contributed by atoms with Crippen LogP contribution in [0.25, 0.3) is 0 Å². The number of H-pyrrole nitrogens is 1. The van der Waals surface area contributed by atoms with Gasteiger partial charge in [0.1, 0.15) is 5.82 Å². The maximum absolute atomic E-state index is 10.3. The number of aromatic amines is 1. The zero-order valence-corrected chi connectivity index (χ0v) is 6.09. The van der Waals surface area contributed by atoms with Crippen LogP contribution in [0.15, 0.2) is 0 Å². The maximum atomic E-state index is 10.3. The maximum Gasteiger partial charge on any atom is 0.371 e. The van der Waals surface area contributed by atoms with Gasteiger partial charge in [-0.1, -0.05) is 6.92 Å². The summed E-state index contributed by atoms with van der Waals surface area (Å²) in [5.41, 5.74) is 6.05. The number of nitrogens with two attached hydrogens (primary N) is 1. The average molecular weight is 155 g/mol. The first-order valence-corrected chi connectivity index (χ1v) is 3.22. The van der Waals surface area contributed by atoms with E-state index in [1.54, 1.807) is 0 Å². The van der Waals surface area contributed by atoms with Crippen LogP contribution in [0.1, 0.15) is 23.2 Å². The summed E-state index contributed by atoms with van der Waals surface area (Å²) in [5, 5.41) is 8.47. The molecule has 0 aliphatic rings. The van der Waals surface area contributed by atoms with Crippen LogP contribution in [0, 0.1) is 0 Å². The van der Waals surface area contributed by atoms with Gasteiger partial charge >= 0.3 is 5.97 Å². The summed E-state index contributed by atoms with van der Waals surface area (Å²) >= 11 is 0. The highest BCUT2D eigenvalue weighted by atomic mass is 16.4. The van der Waals surface area contributed by atoms with Crippen molar-refractivity contribution in [1.29, 1.82) is 0 Å². The third kappa shape index (κ3) is 1.31. The van der Waals surface area contributed by atoms with Gasteiger partial charge < -0.3 is 15.8 Å². The molecule has 1 aromatic heterocycles. The molecule has 0 aliphatic carbocycles. The molecule has 1 rings (SSSR count). The molecule has 0 atom stereocenters. The van der Waals surface area contributed by atoms with E-state index in [4.69, 9.17) is 10.8 Å². The topological polar surface area (TPSA) is 92.0 Å². The number of imidazole rings is 1. The van der Waals surface area contributed by atoms with Crippen LogP contribution < -0.4 is 5.73 Å². The van der Waals surface area contributed by atoms with Crippen molar-refractivity contribution in [2.24, 2.45) is 0 Å². The number of aryl methyl sites for hydroxylation is 1. The lowest BCUT2D eigenvalue weighted by molar-refractivity contribution is 0.0684. The normalized spacial score (nSPS) is 9.91. The van der Waals surface area contributed by atoms with Gasteiger partial charge in [-0.05, 0) is 6.42 Å². The van der Waals surface area contributed by atoms with Crippen molar-refractivity contribution >= 4 is 11.8 Å². The molecule has 0 aromatic carbocycles. The van der Waals surface area contributed by atoms with Crippen LogP contribution in [-0.2, 0) is 6.42 Å². The van der Waals surface area contributed by atoms with Gasteiger partial charge in [-0.3, -0.25) is 0 Å². The van der Waals surface area contributed by atoms with Gasteiger partial charge in [0, 0.05) is 0 Å². The Kier molecular flexibility index (Phi) is 1.80. The van der Waals surface area contributed by atoms with Crippen LogP contribution in [0.4, 0.5) is 5.82 Å². The number of nitrogen functional groups attached to an aromatic ring is 1. The van der Waals surface area contributed by atoms with Crippen LogP contribution in [0.3, 0.4) is 0 Å². The molecular weight excluding hydrogens is 146 g/mol. The Labute approximate surface area is 63.3 Å². The van der Waals surface area contributed by atoms with Crippen LogP contribution >= 0.6 is 0 Å². The Hall–Kier alpha value is -1.52. The highest BCUT2D eigenvalue weighted by molar-refractivity contribution is 5.84. The number of carboxylic acids is 1. The zero-order valence-electron chi connectivity index (χ0n) is 6.09. The minimum atomic E-state index is -1.09. The summed E-state index contributed by atoms with van der Waals surface area (Å²) in [5.74, 6) is -0.916. The molecule has 4 N–H and O–H groups in total. The second kappa shape index (κ2) is 2.61. The number of nitrogens with zero attached hydrogens (tertiary/aromatic N) is 1. The summed E-state index contributed by atoms with van der Waals surface area (Å²) in [4.78, 5) is 16.5. The van der Waals surface area contributed by atoms with Crippen molar-refractivity contribution in [3.05, 3.63) is 11.5 Å². The van der Waals surface area contributed by atoms with Gasteiger partial charge in [0.05, 0.1) is 5.69 Å². The lowest BCUT2D eigenvalue weighted by Gasteiger charge is -1.87. The van der Waals surface area contributed by atoms with Crippen molar-refractivity contribution < 1.29 is 9.90 Å². The summed E-state index contributed by atoms with van der Waals surface area (Å²) < 4.78 is 0. The van der Waals surface area contributed by atoms with Crippen molar-refractivity contribution in [2.75, 3.05) is 5.73 Å². The van der Waals surface area contributed by atoms with E-state index in [1.165, 1.54) is 0 Å². The largest absolute Gasteiger partial charge is 0.475 e. The van der Waals surface area contributed by atoms with Gasteiger partial charge in [-0.15, -0.1) is 0 Å². The Morgan fingerprint density at radius 1 is 1.82 bits per heavy atom. The minimum Gasteiger partial charge on any atom is -0.475 e. The van der Waals surface area contributed by atoms with Crippen molar-refractivity contribution in [3.8, 4) is 0 Å². The second-order valence-electron chi connectivity index (χ2n) is 2.11. The Bertz CT molecular complexity index is 279. The number of nitrogens with one attached hydrogen (secondary N) is 1. The molecule has 0 spiro atoms. The first-order chi connectivity index (χ1) is 5.15. The molecular formula is C6H9N3O2. The first-order valence-electron chi connectivity index (χ1n) is 3.22. The van der Waals surface area contributed by atoms with Crippen molar-refractivity contribution in [3.63, 3.8) is 0 Å². The summed E-state index contributed by atoms with van der Waals surface area (Å²) in [6.07, 6.45) is 0.659. The molecule has 5 heteroatoms. The molecule has 11 heavy (non-hydrogen) atoms. The van der Waals surface area contributed by atoms with E-state index in [0.717, 1.165) is 0 Å². The number of carboxylic acid groups (broad SMARTS) is 1. The average Bonchev–Trinajstić information content (AvgIpc) is 2.31. The van der Waals surface area contributed by atoms with Gasteiger partial charge in [0.15, 0.2) is 0 Å². The zero-order chi connectivity index (χ0) is 8.43. The Morgan fingerprint density at radius 3 is 2.73 bits per heavy atom. The van der Waals surface area contributed by atoms with E-state index >= 15 is 0 Å². The van der Waals surface area contributed by atoms with E-state index in [-0.39, 0.29) is 11.6 Å². The number of hydrogen-bond acceptors (Lipinski definition) is 3. The third-order valence-electron chi connectivity index (χ3n) is 1.37. The number of hydrogen-bond donors (Lipinski definition) is 3. The molecule has 1 aromatic rings. The molecule has 0 aliphatic heterocycles. The molecule has 0 amide bonds. The van der Waals surface area contributed by atoms with Gasteiger partial charge in [0.25, 0.3) is 0 Å². The summed E-state index contributed by atoms with van der Waals surface area (Å²) in [6.45, 7) is 1.87. The number of carbonyl (C=O) groups is 1. The van der Waals surface area contributed by atoms with Crippen molar-refractivity contribution in [2.45, 2.75) is 13.3 Å². The fourth-order valence-corrected chi connectivity index (χ4v) is 0.794. The smallest absolute Gasteiger partial charge is 0.371 e. The number of anilines is 1. The molecule has 0 unspecified atom stereocenters. The SMILES string of the molecule is CCc1[nH]c(C(=O)O)nc1N. The predicted octanol–water partition coefficient (Wildman–Crippen LogP) is 0.253. The standard InChI is InChI=1S/C6H9N3O2/c1-2-3-4(7)9-5(8-3)6(10)11/h2,7H2,1H3,(H,8,9)(H,10,11). The highest BCUT2D eigenvalue weighted by Gasteiger charge is 2.10. The van der Waals surface area contributed by atoms with Gasteiger partial charge in [-0.2, -0.15) is 0 Å². The van der Waals surface area contributed by atoms with E-state index in [9.17, 15) is 4.79 Å². The lowest BCUT2D eigenvalue weighted by Crippen LogP contribution is -1.98. The number of aromatic nitrogens is 2. The second-order valence-corrected chi connectivity index (χ2v) is 2.11.